The maximum Gasteiger partial charge on any atom is 0.407 e. The van der Waals surface area contributed by atoms with Crippen molar-refractivity contribution in [3.63, 3.8) is 0 Å². The van der Waals surface area contributed by atoms with E-state index in [0.29, 0.717) is 19.8 Å². The van der Waals surface area contributed by atoms with Gasteiger partial charge in [-0.05, 0) is 42.9 Å². The first-order valence-corrected chi connectivity index (χ1v) is 15.5. The molecule has 6 nitrogen and oxygen atoms in total. The molecule has 0 aromatic heterocycles. The highest BCUT2D eigenvalue weighted by atomic mass is 16.6. The Hall–Kier alpha value is -1.46. The Bertz CT molecular complexity index is 610. The lowest BCUT2D eigenvalue weighted by molar-refractivity contribution is 0.0621. The van der Waals surface area contributed by atoms with E-state index >= 15 is 0 Å². The van der Waals surface area contributed by atoms with Crippen molar-refractivity contribution in [3.8, 4) is 0 Å². The van der Waals surface area contributed by atoms with Crippen molar-refractivity contribution in [2.24, 2.45) is 10.8 Å². The number of nitrogens with one attached hydrogen (secondary N) is 2. The molecule has 1 rings (SSSR count). The molecule has 218 valence electrons. The van der Waals surface area contributed by atoms with Gasteiger partial charge in [-0.25, -0.2) is 9.59 Å². The van der Waals surface area contributed by atoms with Crippen LogP contribution < -0.4 is 10.6 Å². The molecule has 0 aromatic rings. The zero-order valence-corrected chi connectivity index (χ0v) is 25.1. The lowest BCUT2D eigenvalue weighted by Crippen LogP contribution is -2.50. The van der Waals surface area contributed by atoms with E-state index in [4.69, 9.17) is 9.47 Å². The second-order valence-electron chi connectivity index (χ2n) is 12.6. The van der Waals surface area contributed by atoms with Crippen molar-refractivity contribution < 1.29 is 19.1 Å². The van der Waals surface area contributed by atoms with Crippen molar-refractivity contribution in [1.82, 2.24) is 10.6 Å². The number of unbranched alkanes of at least 4 members (excludes halogenated alkanes) is 13. The minimum absolute atomic E-state index is 0.0466. The highest BCUT2D eigenvalue weighted by molar-refractivity contribution is 5.68. The third kappa shape index (κ3) is 17.6. The van der Waals surface area contributed by atoms with Gasteiger partial charge in [0.25, 0.3) is 0 Å². The van der Waals surface area contributed by atoms with Crippen LogP contribution in [-0.4, -0.2) is 38.0 Å². The van der Waals surface area contributed by atoms with Crippen LogP contribution >= 0.6 is 0 Å². The van der Waals surface area contributed by atoms with Gasteiger partial charge in [-0.15, -0.1) is 0 Å². The van der Waals surface area contributed by atoms with Gasteiger partial charge in [0.2, 0.25) is 0 Å². The summed E-state index contributed by atoms with van der Waals surface area (Å²) >= 11 is 0. The molecule has 37 heavy (non-hydrogen) atoms. The fraction of sp³-hybridized carbons (Fsp3) is 0.935. The summed E-state index contributed by atoms with van der Waals surface area (Å²) in [5.41, 5.74) is -0.0259. The summed E-state index contributed by atoms with van der Waals surface area (Å²) in [4.78, 5) is 24.7. The van der Waals surface area contributed by atoms with Crippen LogP contribution in [0, 0.1) is 10.8 Å². The summed E-state index contributed by atoms with van der Waals surface area (Å²) in [6, 6.07) is 0.0466. The number of alkyl carbamates (subject to hydrolysis) is 2. The van der Waals surface area contributed by atoms with Crippen molar-refractivity contribution in [1.29, 1.82) is 0 Å². The summed E-state index contributed by atoms with van der Waals surface area (Å²) in [5, 5.41) is 6.09. The maximum absolute atomic E-state index is 12.4. The number of rotatable bonds is 20. The molecule has 1 aliphatic rings. The molecule has 0 aromatic carbocycles. The van der Waals surface area contributed by atoms with E-state index in [0.717, 1.165) is 44.9 Å². The van der Waals surface area contributed by atoms with Gasteiger partial charge in [0.05, 0.1) is 13.2 Å². The van der Waals surface area contributed by atoms with Crippen LogP contribution in [0.15, 0.2) is 0 Å². The number of carbonyl (C=O) groups excluding carboxylic acids is 2. The highest BCUT2D eigenvalue weighted by Gasteiger charge is 2.42. The third-order valence-corrected chi connectivity index (χ3v) is 7.64. The molecule has 2 N–H and O–H groups in total. The minimum atomic E-state index is -0.329. The van der Waals surface area contributed by atoms with Gasteiger partial charge >= 0.3 is 12.2 Å². The van der Waals surface area contributed by atoms with Gasteiger partial charge < -0.3 is 20.1 Å². The predicted octanol–water partition coefficient (Wildman–Crippen LogP) is 8.92. The fourth-order valence-corrected chi connectivity index (χ4v) is 6.04. The van der Waals surface area contributed by atoms with Gasteiger partial charge in [0.1, 0.15) is 0 Å². The van der Waals surface area contributed by atoms with Crippen LogP contribution in [0.25, 0.3) is 0 Å². The van der Waals surface area contributed by atoms with Crippen LogP contribution in [0.3, 0.4) is 0 Å². The van der Waals surface area contributed by atoms with E-state index in [9.17, 15) is 9.59 Å². The molecule has 6 heteroatoms. The van der Waals surface area contributed by atoms with E-state index in [-0.39, 0.29) is 29.1 Å². The summed E-state index contributed by atoms with van der Waals surface area (Å²) in [6.07, 6.45) is 20.3. The lowest BCUT2D eigenvalue weighted by atomic mass is 9.62. The molecule has 2 atom stereocenters. The molecular formula is C31H60N2O4. The number of ether oxygens (including phenoxy) is 2. The van der Waals surface area contributed by atoms with Crippen molar-refractivity contribution in [2.75, 3.05) is 19.8 Å². The van der Waals surface area contributed by atoms with Gasteiger partial charge in [-0.2, -0.15) is 0 Å². The van der Waals surface area contributed by atoms with Gasteiger partial charge in [-0.1, -0.05) is 118 Å². The zero-order valence-electron chi connectivity index (χ0n) is 25.1. The van der Waals surface area contributed by atoms with Crippen LogP contribution in [0.5, 0.6) is 0 Å². The van der Waals surface area contributed by atoms with Crippen molar-refractivity contribution in [2.45, 2.75) is 156 Å². The molecule has 1 fully saturated rings. The Labute approximate surface area is 228 Å². The predicted molar refractivity (Wildman–Crippen MR) is 154 cm³/mol. The molecule has 1 saturated carbocycles. The number of hydrogen-bond acceptors (Lipinski definition) is 4. The van der Waals surface area contributed by atoms with Crippen LogP contribution in [0.2, 0.25) is 0 Å². The number of amides is 2. The summed E-state index contributed by atoms with van der Waals surface area (Å²) in [6.45, 7) is 12.7. The second kappa shape index (κ2) is 19.6. The normalized spacial score (nSPS) is 20.8. The van der Waals surface area contributed by atoms with E-state index in [2.05, 4.69) is 45.3 Å². The summed E-state index contributed by atoms with van der Waals surface area (Å²) in [5.74, 6) is 0. The largest absolute Gasteiger partial charge is 0.450 e. The highest BCUT2D eigenvalue weighted by Crippen LogP contribution is 2.45. The first-order valence-electron chi connectivity index (χ1n) is 15.5. The fourth-order valence-electron chi connectivity index (χ4n) is 6.04. The molecule has 2 amide bonds. The van der Waals surface area contributed by atoms with Crippen molar-refractivity contribution in [3.05, 3.63) is 0 Å². The first kappa shape index (κ1) is 33.6. The monoisotopic (exact) mass is 524 g/mol. The standard InChI is InChI=1S/C31H60N2O4/c1-6-8-10-12-14-16-18-20-22-37-29(35)33-27-23-30(3,4)25-31(5,24-27)26-32-28(34)36-21-19-17-15-13-11-9-7-2/h27H,6-26H2,1-5H3,(H,32,34)(H,33,35). The van der Waals surface area contributed by atoms with Crippen molar-refractivity contribution >= 4 is 12.2 Å². The molecule has 0 bridgehead atoms. The smallest absolute Gasteiger partial charge is 0.407 e. The average Bonchev–Trinajstić information content (AvgIpc) is 2.82. The zero-order chi connectivity index (χ0) is 27.4. The molecular weight excluding hydrogens is 464 g/mol. The second-order valence-corrected chi connectivity index (χ2v) is 12.6. The molecule has 2 unspecified atom stereocenters. The average molecular weight is 525 g/mol. The minimum Gasteiger partial charge on any atom is -0.450 e. The number of hydrogen-bond donors (Lipinski definition) is 2. The molecule has 0 heterocycles. The molecule has 0 radical (unpaired) electrons. The summed E-state index contributed by atoms with van der Waals surface area (Å²) in [7, 11) is 0. The Morgan fingerprint density at radius 2 is 1.14 bits per heavy atom. The SMILES string of the molecule is CCCCCCCCCCOC(=O)NC1CC(C)(C)CC(C)(CNC(=O)OCCCCCCCCC)C1. The van der Waals surface area contributed by atoms with Gasteiger partial charge in [0, 0.05) is 12.6 Å². The van der Waals surface area contributed by atoms with E-state index < -0.39 is 0 Å². The van der Waals surface area contributed by atoms with Crippen LogP contribution in [-0.2, 0) is 9.47 Å². The van der Waals surface area contributed by atoms with E-state index in [1.165, 1.54) is 70.6 Å². The van der Waals surface area contributed by atoms with Crippen LogP contribution in [0.4, 0.5) is 9.59 Å². The molecule has 1 aliphatic carbocycles. The Morgan fingerprint density at radius 1 is 0.676 bits per heavy atom. The van der Waals surface area contributed by atoms with Crippen LogP contribution in [0.1, 0.15) is 150 Å². The molecule has 0 spiro atoms. The third-order valence-electron chi connectivity index (χ3n) is 7.64. The Kier molecular flexibility index (Phi) is 17.8. The molecule has 0 aliphatic heterocycles. The Balaban J connectivity index is 2.26. The van der Waals surface area contributed by atoms with Gasteiger partial charge in [-0.3, -0.25) is 0 Å². The molecule has 0 saturated heterocycles. The van der Waals surface area contributed by atoms with E-state index in [1.54, 1.807) is 0 Å². The Morgan fingerprint density at radius 3 is 1.65 bits per heavy atom. The quantitative estimate of drug-likeness (QED) is 0.156. The topological polar surface area (TPSA) is 76.7 Å². The first-order chi connectivity index (χ1) is 17.7. The summed E-state index contributed by atoms with van der Waals surface area (Å²) < 4.78 is 10.9. The van der Waals surface area contributed by atoms with E-state index in [1.807, 2.05) is 0 Å². The lowest BCUT2D eigenvalue weighted by Gasteiger charge is -2.46. The number of carbonyl (C=O) groups is 2. The van der Waals surface area contributed by atoms with Gasteiger partial charge in [0.15, 0.2) is 0 Å². The maximum atomic E-state index is 12.4.